The Kier molecular flexibility index (Phi) is 21.1. The third-order valence-corrected chi connectivity index (χ3v) is 15.0. The summed E-state index contributed by atoms with van der Waals surface area (Å²) in [5, 5.41) is 0. The van der Waals surface area contributed by atoms with Crippen molar-refractivity contribution in [3.05, 3.63) is 0 Å². The van der Waals surface area contributed by atoms with E-state index in [1.54, 1.807) is 0 Å². The lowest BCUT2D eigenvalue weighted by Crippen LogP contribution is -2.61. The molecule has 258 valence electrons. The van der Waals surface area contributed by atoms with Gasteiger partial charge in [0.2, 0.25) is 0 Å². The summed E-state index contributed by atoms with van der Waals surface area (Å²) in [6, 6.07) is 0. The van der Waals surface area contributed by atoms with Crippen molar-refractivity contribution in [2.24, 2.45) is 0 Å². The van der Waals surface area contributed by atoms with Crippen LogP contribution < -0.4 is 0 Å². The van der Waals surface area contributed by atoms with Crippen LogP contribution in [0.4, 0.5) is 0 Å². The van der Waals surface area contributed by atoms with Gasteiger partial charge in [0.15, 0.2) is 0 Å². The maximum Gasteiger partial charge on any atom is 0.349 e. The Hall–Kier alpha value is 0.388. The van der Waals surface area contributed by atoms with Crippen LogP contribution in [0.2, 0.25) is 13.1 Å². The highest BCUT2D eigenvalue weighted by atomic mass is 28.4. The van der Waals surface area contributed by atoms with Crippen molar-refractivity contribution in [2.75, 3.05) is 104 Å². The van der Waals surface area contributed by atoms with Gasteiger partial charge >= 0.3 is 17.1 Å². The largest absolute Gasteiger partial charge is 0.394 e. The molecule has 0 saturated carbocycles. The van der Waals surface area contributed by atoms with Crippen molar-refractivity contribution < 1.29 is 46.1 Å². The summed E-state index contributed by atoms with van der Waals surface area (Å²) in [4.78, 5) is 4.85. The fraction of sp³-hybridized carbons (Fsp3) is 1.00. The molecule has 0 N–H and O–H groups in total. The summed E-state index contributed by atoms with van der Waals surface area (Å²) in [7, 11) is -3.60. The van der Waals surface area contributed by atoms with Gasteiger partial charge in [0.05, 0.1) is 38.6 Å². The number of hydrogen-bond acceptors (Lipinski definition) is 12. The number of ether oxygens (including phenoxy) is 6. The zero-order valence-electron chi connectivity index (χ0n) is 28.6. The molecule has 0 spiro atoms. The lowest BCUT2D eigenvalue weighted by molar-refractivity contribution is -0.0843. The number of hydrogen-bond donors (Lipinski definition) is 0. The molecule has 0 aromatic heterocycles. The molecular weight excluding hydrogens is 637 g/mol. The van der Waals surface area contributed by atoms with E-state index in [4.69, 9.17) is 46.1 Å². The molecule has 0 aromatic carbocycles. The van der Waals surface area contributed by atoms with Gasteiger partial charge in [0.1, 0.15) is 30.9 Å². The van der Waals surface area contributed by atoms with E-state index in [0.29, 0.717) is 85.1 Å². The average Bonchev–Trinajstić information content (AvgIpc) is 2.96. The van der Waals surface area contributed by atoms with Gasteiger partial charge in [0.25, 0.3) is 0 Å². The molecule has 2 fully saturated rings. The van der Waals surface area contributed by atoms with Gasteiger partial charge < -0.3 is 55.9 Å². The Morgan fingerprint density at radius 3 is 1.30 bits per heavy atom. The van der Waals surface area contributed by atoms with E-state index in [1.807, 2.05) is 41.5 Å². The Balaban J connectivity index is 1.79. The van der Waals surface area contributed by atoms with Crippen LogP contribution in [0, 0.1) is 0 Å². The van der Waals surface area contributed by atoms with Gasteiger partial charge in [-0.3, -0.25) is 0 Å². The number of nitrogens with zero attached hydrogens (tertiary/aromatic N) is 2. The van der Waals surface area contributed by atoms with Gasteiger partial charge in [-0.15, -0.1) is 0 Å². The summed E-state index contributed by atoms with van der Waals surface area (Å²) in [5.74, 6) is -0.312. The summed E-state index contributed by atoms with van der Waals surface area (Å²) >= 11 is 0. The monoisotopic (exact) mass is 696 g/mol. The molecule has 0 aromatic rings. The topological polar surface area (TPSA) is 98.8 Å². The number of rotatable bonds is 25. The molecule has 12 nitrogen and oxygen atoms in total. The fourth-order valence-electron chi connectivity index (χ4n) is 5.45. The molecule has 44 heavy (non-hydrogen) atoms. The van der Waals surface area contributed by atoms with Crippen LogP contribution in [0.3, 0.4) is 0 Å². The van der Waals surface area contributed by atoms with E-state index in [1.165, 1.54) is 0 Å². The van der Waals surface area contributed by atoms with E-state index in [2.05, 4.69) is 22.9 Å². The van der Waals surface area contributed by atoms with E-state index >= 15 is 0 Å². The van der Waals surface area contributed by atoms with Crippen LogP contribution in [-0.2, 0) is 46.1 Å². The molecule has 2 aliphatic heterocycles. The van der Waals surface area contributed by atoms with Crippen molar-refractivity contribution in [1.29, 1.82) is 0 Å². The molecule has 4 atom stereocenters. The minimum atomic E-state index is -2.33. The second-order valence-corrected chi connectivity index (χ2v) is 19.6. The van der Waals surface area contributed by atoms with Crippen LogP contribution in [0.5, 0.6) is 0 Å². The molecule has 16 heteroatoms. The Morgan fingerprint density at radius 1 is 0.614 bits per heavy atom. The Labute approximate surface area is 274 Å². The van der Waals surface area contributed by atoms with Gasteiger partial charge in [-0.2, -0.15) is 0 Å². The van der Waals surface area contributed by atoms with Crippen LogP contribution in [0.1, 0.15) is 41.5 Å². The lowest BCUT2D eigenvalue weighted by atomic mass is 10.3. The highest BCUT2D eigenvalue weighted by Crippen LogP contribution is 2.21. The lowest BCUT2D eigenvalue weighted by Gasteiger charge is -2.42. The quantitative estimate of drug-likeness (QED) is 0.0791. The predicted octanol–water partition coefficient (Wildman–Crippen LogP) is 1.75. The van der Waals surface area contributed by atoms with E-state index < -0.39 is 17.1 Å². The van der Waals surface area contributed by atoms with Crippen LogP contribution >= 0.6 is 0 Å². The van der Waals surface area contributed by atoms with E-state index in [9.17, 15) is 0 Å². The molecule has 4 radical (unpaired) electrons. The molecule has 4 unspecified atom stereocenters. The molecule has 0 aliphatic carbocycles. The molecular formula is C28H60N2O10Si4. The minimum absolute atomic E-state index is 0.0411. The van der Waals surface area contributed by atoms with E-state index in [0.717, 1.165) is 37.8 Å². The third kappa shape index (κ3) is 16.0. The summed E-state index contributed by atoms with van der Waals surface area (Å²) in [6.07, 6.45) is 3.37. The van der Waals surface area contributed by atoms with E-state index in [-0.39, 0.29) is 24.0 Å². The normalized spacial score (nSPS) is 27.1. The first-order chi connectivity index (χ1) is 21.2. The third-order valence-electron chi connectivity index (χ3n) is 6.89. The highest BCUT2D eigenvalue weighted by molar-refractivity contribution is 6.67. The highest BCUT2D eigenvalue weighted by Gasteiger charge is 2.43. The fourth-order valence-corrected chi connectivity index (χ4v) is 13.8. The van der Waals surface area contributed by atoms with Crippen molar-refractivity contribution in [3.8, 4) is 0 Å². The molecule has 2 heterocycles. The minimum Gasteiger partial charge on any atom is -0.394 e. The predicted molar refractivity (Wildman–Crippen MR) is 176 cm³/mol. The smallest absolute Gasteiger partial charge is 0.349 e. The Bertz CT molecular complexity index is 672. The van der Waals surface area contributed by atoms with Crippen molar-refractivity contribution in [2.45, 2.75) is 78.7 Å². The van der Waals surface area contributed by atoms with Gasteiger partial charge in [0, 0.05) is 65.1 Å². The maximum absolute atomic E-state index is 6.47. The van der Waals surface area contributed by atoms with Gasteiger partial charge in [-0.25, -0.2) is 0 Å². The van der Waals surface area contributed by atoms with Crippen molar-refractivity contribution in [3.63, 3.8) is 0 Å². The van der Waals surface area contributed by atoms with Crippen LogP contribution in [0.25, 0.3) is 0 Å². The maximum atomic E-state index is 6.47. The van der Waals surface area contributed by atoms with Crippen molar-refractivity contribution >= 4 is 36.2 Å². The first-order valence-electron chi connectivity index (χ1n) is 16.4. The first-order valence-corrected chi connectivity index (χ1v) is 24.0. The van der Waals surface area contributed by atoms with Crippen molar-refractivity contribution in [1.82, 2.24) is 9.80 Å². The second-order valence-electron chi connectivity index (χ2n) is 11.0. The average molecular weight is 697 g/mol. The molecule has 2 rings (SSSR count). The first kappa shape index (κ1) is 40.6. The SMILES string of the molecule is CCOC(OCC)[Si]CN1CC(COCCOCC2CN(C[Si]C(OCC)OCC)C[Si](C)(OCC)O2)O[Si](C)(OCC)C1. The summed E-state index contributed by atoms with van der Waals surface area (Å²) in [5.41, 5.74) is 0. The zero-order chi connectivity index (χ0) is 32.3. The second kappa shape index (κ2) is 22.9. The van der Waals surface area contributed by atoms with Gasteiger partial charge in [-0.05, 0) is 67.0 Å². The van der Waals surface area contributed by atoms with Crippen LogP contribution in [-0.4, -0.2) is 174 Å². The van der Waals surface area contributed by atoms with Gasteiger partial charge in [-0.1, -0.05) is 0 Å². The summed E-state index contributed by atoms with van der Waals surface area (Å²) < 4.78 is 60.4. The standard InChI is InChI=1S/C28H60N2O10Si4/c1-9-33-27(34-10-2)41-21-29-17-25(39-43(7,23-29)37-13-5)19-31-15-16-32-20-26-18-30(24-44(8,40-26)38-14-6)22-42-28(35-11-3)36-12-4/h25-28H,9-24H2,1-8H3. The van der Waals surface area contributed by atoms with Crippen LogP contribution in [0.15, 0.2) is 0 Å². The molecule has 0 bridgehead atoms. The zero-order valence-corrected chi connectivity index (χ0v) is 32.6. The molecule has 0 amide bonds. The molecule has 2 aliphatic rings. The summed E-state index contributed by atoms with van der Waals surface area (Å²) in [6.45, 7) is 23.8. The molecule has 2 saturated heterocycles. The Morgan fingerprint density at radius 2 is 0.977 bits per heavy atom.